The summed E-state index contributed by atoms with van der Waals surface area (Å²) in [5.74, 6) is 0.0248. The number of nitrogens with zero attached hydrogens (tertiary/aromatic N) is 1. The summed E-state index contributed by atoms with van der Waals surface area (Å²) in [6.07, 6.45) is 0. The lowest BCUT2D eigenvalue weighted by Gasteiger charge is -2.05. The zero-order chi connectivity index (χ0) is 18.8. The van der Waals surface area contributed by atoms with Gasteiger partial charge in [-0.3, -0.25) is 14.9 Å². The number of anilines is 1. The van der Waals surface area contributed by atoms with Crippen LogP contribution in [0.15, 0.2) is 52.9 Å². The van der Waals surface area contributed by atoms with Gasteiger partial charge in [0.25, 0.3) is 11.6 Å². The van der Waals surface area contributed by atoms with Crippen molar-refractivity contribution < 1.29 is 14.1 Å². The number of rotatable bonds is 4. The standard InChI is InChI=1S/C19H15ClN2O4/c1-11-3-4-13(9-12(11)2)17-7-8-18(26-17)19(23)21-15-6-5-14(20)10-16(15)22(24)25/h3-10H,1-2H3,(H,21,23). The normalized spacial score (nSPS) is 10.6. The van der Waals surface area contributed by atoms with Gasteiger partial charge in [-0.1, -0.05) is 23.7 Å². The predicted molar refractivity (Wildman–Crippen MR) is 99.7 cm³/mol. The number of nitrogens with one attached hydrogen (secondary N) is 1. The number of aryl methyl sites for hydroxylation is 2. The lowest BCUT2D eigenvalue weighted by molar-refractivity contribution is -0.383. The zero-order valence-electron chi connectivity index (χ0n) is 14.1. The van der Waals surface area contributed by atoms with Crippen LogP contribution < -0.4 is 5.32 Å². The highest BCUT2D eigenvalue weighted by Crippen LogP contribution is 2.29. The molecule has 6 nitrogen and oxygen atoms in total. The highest BCUT2D eigenvalue weighted by Gasteiger charge is 2.19. The first-order chi connectivity index (χ1) is 12.3. The van der Waals surface area contributed by atoms with E-state index in [0.29, 0.717) is 5.76 Å². The molecule has 1 heterocycles. The molecule has 132 valence electrons. The van der Waals surface area contributed by atoms with Crippen LogP contribution in [0.5, 0.6) is 0 Å². The van der Waals surface area contributed by atoms with Crippen molar-refractivity contribution in [1.82, 2.24) is 0 Å². The van der Waals surface area contributed by atoms with Crippen LogP contribution in [0, 0.1) is 24.0 Å². The van der Waals surface area contributed by atoms with Crippen LogP contribution in [-0.4, -0.2) is 10.8 Å². The van der Waals surface area contributed by atoms with E-state index in [0.717, 1.165) is 16.7 Å². The van der Waals surface area contributed by atoms with E-state index in [2.05, 4.69) is 5.32 Å². The van der Waals surface area contributed by atoms with Gasteiger partial charge in [0, 0.05) is 16.7 Å². The van der Waals surface area contributed by atoms with Gasteiger partial charge < -0.3 is 9.73 Å². The Hall–Kier alpha value is -3.12. The van der Waals surface area contributed by atoms with E-state index in [4.69, 9.17) is 16.0 Å². The summed E-state index contributed by atoms with van der Waals surface area (Å²) in [5, 5.41) is 13.8. The van der Waals surface area contributed by atoms with E-state index in [1.807, 2.05) is 32.0 Å². The van der Waals surface area contributed by atoms with Crippen molar-refractivity contribution in [3.05, 3.63) is 80.6 Å². The Morgan fingerprint density at radius 2 is 1.85 bits per heavy atom. The van der Waals surface area contributed by atoms with Gasteiger partial charge in [0.1, 0.15) is 11.4 Å². The molecule has 0 saturated heterocycles. The van der Waals surface area contributed by atoms with Gasteiger partial charge in [-0.05, 0) is 55.3 Å². The Bertz CT molecular complexity index is 1010. The van der Waals surface area contributed by atoms with Gasteiger partial charge in [-0.2, -0.15) is 0 Å². The van der Waals surface area contributed by atoms with Gasteiger partial charge >= 0.3 is 0 Å². The Labute approximate surface area is 154 Å². The van der Waals surface area contributed by atoms with Crippen LogP contribution in [0.25, 0.3) is 11.3 Å². The van der Waals surface area contributed by atoms with Crippen molar-refractivity contribution in [2.75, 3.05) is 5.32 Å². The number of amides is 1. The van der Waals surface area contributed by atoms with Gasteiger partial charge in [0.15, 0.2) is 5.76 Å². The first-order valence-electron chi connectivity index (χ1n) is 7.78. The number of carbonyl (C=O) groups is 1. The molecule has 1 N–H and O–H groups in total. The van der Waals surface area contributed by atoms with Crippen molar-refractivity contribution in [2.24, 2.45) is 0 Å². The van der Waals surface area contributed by atoms with Crippen molar-refractivity contribution in [1.29, 1.82) is 0 Å². The molecule has 0 fully saturated rings. The molecule has 0 radical (unpaired) electrons. The summed E-state index contributed by atoms with van der Waals surface area (Å²) in [4.78, 5) is 22.9. The molecule has 1 aromatic heterocycles. The molecule has 0 saturated carbocycles. The molecule has 3 aromatic rings. The third kappa shape index (κ3) is 3.60. The molecule has 26 heavy (non-hydrogen) atoms. The fourth-order valence-electron chi connectivity index (χ4n) is 2.46. The number of hydrogen-bond acceptors (Lipinski definition) is 4. The fourth-order valence-corrected chi connectivity index (χ4v) is 2.62. The van der Waals surface area contributed by atoms with Crippen molar-refractivity contribution >= 4 is 28.9 Å². The number of nitro benzene ring substituents is 1. The minimum Gasteiger partial charge on any atom is -0.451 e. The van der Waals surface area contributed by atoms with Gasteiger partial charge in [-0.25, -0.2) is 0 Å². The summed E-state index contributed by atoms with van der Waals surface area (Å²) in [6, 6.07) is 13.1. The van der Waals surface area contributed by atoms with Crippen LogP contribution in [0.4, 0.5) is 11.4 Å². The molecule has 3 rings (SSSR count). The number of furan rings is 1. The molecule has 1 amide bonds. The van der Waals surface area contributed by atoms with E-state index in [9.17, 15) is 14.9 Å². The zero-order valence-corrected chi connectivity index (χ0v) is 14.8. The van der Waals surface area contributed by atoms with Crippen molar-refractivity contribution in [3.63, 3.8) is 0 Å². The Balaban J connectivity index is 1.85. The number of carbonyl (C=O) groups excluding carboxylic acids is 1. The van der Waals surface area contributed by atoms with Crippen LogP contribution >= 0.6 is 11.6 Å². The average molecular weight is 371 g/mol. The van der Waals surface area contributed by atoms with Gasteiger partial charge in [-0.15, -0.1) is 0 Å². The molecule has 2 aromatic carbocycles. The summed E-state index contributed by atoms with van der Waals surface area (Å²) < 4.78 is 5.61. The highest BCUT2D eigenvalue weighted by molar-refractivity contribution is 6.31. The quantitative estimate of drug-likeness (QED) is 0.493. The maximum atomic E-state index is 12.4. The largest absolute Gasteiger partial charge is 0.451 e. The summed E-state index contributed by atoms with van der Waals surface area (Å²) in [6.45, 7) is 4.01. The van der Waals surface area contributed by atoms with E-state index < -0.39 is 10.8 Å². The summed E-state index contributed by atoms with van der Waals surface area (Å²) >= 11 is 5.77. The molecule has 0 bridgehead atoms. The lowest BCUT2D eigenvalue weighted by atomic mass is 10.1. The van der Waals surface area contributed by atoms with E-state index >= 15 is 0 Å². The molecule has 0 unspecified atom stereocenters. The summed E-state index contributed by atoms with van der Waals surface area (Å²) in [7, 11) is 0. The van der Waals surface area contributed by atoms with Crippen LogP contribution in [0.3, 0.4) is 0 Å². The van der Waals surface area contributed by atoms with Crippen LogP contribution in [0.1, 0.15) is 21.7 Å². The topological polar surface area (TPSA) is 85.4 Å². The van der Waals surface area contributed by atoms with E-state index in [1.54, 1.807) is 6.07 Å². The molecule has 0 aliphatic heterocycles. The minimum atomic E-state index is -0.607. The minimum absolute atomic E-state index is 0.0496. The monoisotopic (exact) mass is 370 g/mol. The van der Waals surface area contributed by atoms with Gasteiger partial charge in [0.2, 0.25) is 0 Å². The number of nitro groups is 1. The average Bonchev–Trinajstić information content (AvgIpc) is 3.09. The first-order valence-corrected chi connectivity index (χ1v) is 8.15. The molecule has 7 heteroatoms. The number of hydrogen-bond donors (Lipinski definition) is 1. The van der Waals surface area contributed by atoms with E-state index in [-0.39, 0.29) is 22.2 Å². The molecule has 0 spiro atoms. The SMILES string of the molecule is Cc1ccc(-c2ccc(C(=O)Nc3ccc(Cl)cc3[N+](=O)[O-])o2)cc1C. The van der Waals surface area contributed by atoms with Gasteiger partial charge in [0.05, 0.1) is 4.92 Å². The molecule has 0 atom stereocenters. The Kier molecular flexibility index (Phi) is 4.77. The number of halogens is 1. The maximum Gasteiger partial charge on any atom is 0.294 e. The molecular formula is C19H15ClN2O4. The second-order valence-electron chi connectivity index (χ2n) is 5.84. The predicted octanol–water partition coefficient (Wildman–Crippen LogP) is 5.38. The van der Waals surface area contributed by atoms with E-state index in [1.165, 1.54) is 24.3 Å². The smallest absolute Gasteiger partial charge is 0.294 e. The molecule has 0 aliphatic carbocycles. The third-order valence-electron chi connectivity index (χ3n) is 4.03. The first kappa shape index (κ1) is 17.7. The summed E-state index contributed by atoms with van der Waals surface area (Å²) in [5.41, 5.74) is 2.89. The molecular weight excluding hydrogens is 356 g/mol. The Morgan fingerprint density at radius 3 is 2.54 bits per heavy atom. The molecule has 0 aliphatic rings. The van der Waals surface area contributed by atoms with Crippen LogP contribution in [0.2, 0.25) is 5.02 Å². The maximum absolute atomic E-state index is 12.4. The second kappa shape index (κ2) is 7.01. The van der Waals surface area contributed by atoms with Crippen molar-refractivity contribution in [3.8, 4) is 11.3 Å². The lowest BCUT2D eigenvalue weighted by Crippen LogP contribution is -2.12. The fraction of sp³-hybridized carbons (Fsp3) is 0.105. The highest BCUT2D eigenvalue weighted by atomic mass is 35.5. The Morgan fingerprint density at radius 1 is 1.08 bits per heavy atom. The second-order valence-corrected chi connectivity index (χ2v) is 6.27. The van der Waals surface area contributed by atoms with Crippen LogP contribution in [-0.2, 0) is 0 Å². The van der Waals surface area contributed by atoms with Crippen molar-refractivity contribution in [2.45, 2.75) is 13.8 Å². The third-order valence-corrected chi connectivity index (χ3v) is 4.26. The number of benzene rings is 2.